The molecule has 124 valence electrons. The molecule has 2 aromatic carbocycles. The van der Waals surface area contributed by atoms with E-state index in [0.717, 1.165) is 24.0 Å². The fraction of sp³-hybridized carbons (Fsp3) is 0.222. The number of rotatable bonds is 6. The van der Waals surface area contributed by atoms with Gasteiger partial charge in [-0.15, -0.1) is 0 Å². The van der Waals surface area contributed by atoms with E-state index in [4.69, 9.17) is 16.3 Å². The Hall–Kier alpha value is -2.53. The van der Waals surface area contributed by atoms with Gasteiger partial charge in [0, 0.05) is 17.3 Å². The molecule has 1 heterocycles. The number of ether oxygens (including phenoxy) is 1. The minimum absolute atomic E-state index is 0.0655. The molecule has 0 radical (unpaired) electrons. The van der Waals surface area contributed by atoms with Crippen molar-refractivity contribution in [1.82, 2.24) is 9.55 Å². The third kappa shape index (κ3) is 3.86. The molecule has 0 spiro atoms. The number of aryl methyl sites for hydroxylation is 1. The molecule has 0 unspecified atom stereocenters. The van der Waals surface area contributed by atoms with Crippen LogP contribution in [0.15, 0.2) is 48.8 Å². The number of hydrogen-bond acceptors (Lipinski definition) is 3. The second kappa shape index (κ2) is 7.36. The number of carbonyl (C=O) groups excluding carboxylic acids is 1. The van der Waals surface area contributed by atoms with Gasteiger partial charge in [0.25, 0.3) is 5.91 Å². The summed E-state index contributed by atoms with van der Waals surface area (Å²) in [6.45, 7) is 2.99. The second-order valence-corrected chi connectivity index (χ2v) is 5.87. The molecule has 3 rings (SSSR count). The molecular formula is C18H18ClN3O2. The zero-order valence-corrected chi connectivity index (χ0v) is 14.1. The van der Waals surface area contributed by atoms with Gasteiger partial charge in [-0.3, -0.25) is 4.79 Å². The van der Waals surface area contributed by atoms with Crippen LogP contribution in [0.2, 0.25) is 5.02 Å². The molecule has 6 heteroatoms. The molecule has 1 N–H and O–H groups in total. The first-order chi connectivity index (χ1) is 11.7. The van der Waals surface area contributed by atoms with E-state index in [1.807, 2.05) is 24.5 Å². The highest BCUT2D eigenvalue weighted by Crippen LogP contribution is 2.19. The fourth-order valence-corrected chi connectivity index (χ4v) is 2.56. The fourth-order valence-electron chi connectivity index (χ4n) is 2.44. The van der Waals surface area contributed by atoms with Gasteiger partial charge in [-0.1, -0.05) is 18.5 Å². The van der Waals surface area contributed by atoms with E-state index in [9.17, 15) is 4.79 Å². The van der Waals surface area contributed by atoms with Crippen molar-refractivity contribution in [3.05, 3.63) is 53.8 Å². The molecule has 0 aliphatic carbocycles. The Balaban J connectivity index is 1.61. The molecule has 5 nitrogen and oxygen atoms in total. The van der Waals surface area contributed by atoms with Crippen molar-refractivity contribution >= 4 is 34.2 Å². The van der Waals surface area contributed by atoms with Crippen molar-refractivity contribution in [3.8, 4) is 5.75 Å². The first kappa shape index (κ1) is 16.3. The van der Waals surface area contributed by atoms with Crippen molar-refractivity contribution in [2.45, 2.75) is 19.9 Å². The Morgan fingerprint density at radius 1 is 1.25 bits per heavy atom. The number of imidazole rings is 1. The number of carbonyl (C=O) groups is 1. The van der Waals surface area contributed by atoms with Gasteiger partial charge in [-0.2, -0.15) is 0 Å². The molecule has 0 saturated carbocycles. The zero-order valence-electron chi connectivity index (χ0n) is 13.3. The lowest BCUT2D eigenvalue weighted by Gasteiger charge is -2.08. The van der Waals surface area contributed by atoms with E-state index in [2.05, 4.69) is 21.8 Å². The summed E-state index contributed by atoms with van der Waals surface area (Å²) >= 11 is 5.81. The first-order valence-electron chi connectivity index (χ1n) is 7.79. The quantitative estimate of drug-likeness (QED) is 0.732. The smallest absolute Gasteiger partial charge is 0.262 e. The minimum atomic E-state index is -0.225. The molecule has 0 aliphatic heterocycles. The molecule has 0 bridgehead atoms. The van der Waals surface area contributed by atoms with Crippen LogP contribution < -0.4 is 10.1 Å². The van der Waals surface area contributed by atoms with Crippen LogP contribution in [0.5, 0.6) is 5.75 Å². The monoisotopic (exact) mass is 343 g/mol. The van der Waals surface area contributed by atoms with E-state index in [0.29, 0.717) is 16.5 Å². The molecular weight excluding hydrogens is 326 g/mol. The summed E-state index contributed by atoms with van der Waals surface area (Å²) in [5, 5.41) is 3.45. The number of fused-ring (bicyclic) bond motifs is 1. The van der Waals surface area contributed by atoms with Gasteiger partial charge < -0.3 is 14.6 Å². The van der Waals surface area contributed by atoms with Crippen molar-refractivity contribution in [2.24, 2.45) is 0 Å². The largest absolute Gasteiger partial charge is 0.484 e. The molecule has 0 saturated heterocycles. The maximum Gasteiger partial charge on any atom is 0.262 e. The second-order valence-electron chi connectivity index (χ2n) is 5.43. The van der Waals surface area contributed by atoms with Crippen molar-refractivity contribution in [3.63, 3.8) is 0 Å². The lowest BCUT2D eigenvalue weighted by atomic mass is 10.2. The number of anilines is 1. The third-order valence-corrected chi connectivity index (χ3v) is 3.80. The average molecular weight is 344 g/mol. The summed E-state index contributed by atoms with van der Waals surface area (Å²) in [6, 6.07) is 12.6. The van der Waals surface area contributed by atoms with Gasteiger partial charge in [-0.25, -0.2) is 4.98 Å². The number of hydrogen-bond donors (Lipinski definition) is 1. The van der Waals surface area contributed by atoms with Crippen LogP contribution >= 0.6 is 11.6 Å². The molecule has 24 heavy (non-hydrogen) atoms. The molecule has 1 amide bonds. The van der Waals surface area contributed by atoms with Crippen molar-refractivity contribution in [2.75, 3.05) is 11.9 Å². The van der Waals surface area contributed by atoms with Gasteiger partial charge in [0.1, 0.15) is 5.75 Å². The summed E-state index contributed by atoms with van der Waals surface area (Å²) in [4.78, 5) is 16.4. The molecule has 0 atom stereocenters. The van der Waals surface area contributed by atoms with Gasteiger partial charge in [0.05, 0.1) is 17.4 Å². The van der Waals surface area contributed by atoms with Gasteiger partial charge >= 0.3 is 0 Å². The molecule has 0 aliphatic rings. The third-order valence-electron chi connectivity index (χ3n) is 3.55. The van der Waals surface area contributed by atoms with Crippen LogP contribution in [-0.2, 0) is 11.3 Å². The average Bonchev–Trinajstić information content (AvgIpc) is 2.97. The predicted molar refractivity (Wildman–Crippen MR) is 95.6 cm³/mol. The van der Waals surface area contributed by atoms with E-state index < -0.39 is 0 Å². The van der Waals surface area contributed by atoms with Gasteiger partial charge in [0.2, 0.25) is 0 Å². The maximum atomic E-state index is 12.0. The zero-order chi connectivity index (χ0) is 16.9. The van der Waals surface area contributed by atoms with Gasteiger partial charge in [-0.05, 0) is 48.9 Å². The summed E-state index contributed by atoms with van der Waals surface area (Å²) in [5.41, 5.74) is 2.63. The summed E-state index contributed by atoms with van der Waals surface area (Å²) < 4.78 is 7.53. The standard InChI is InChI=1S/C18H18ClN3O2/c1-2-9-22-12-20-16-10-14(5-8-17(16)22)21-18(23)11-24-15-6-3-13(19)4-7-15/h3-8,10,12H,2,9,11H2,1H3,(H,21,23). The Labute approximate surface area is 145 Å². The highest BCUT2D eigenvalue weighted by molar-refractivity contribution is 6.30. The Bertz CT molecular complexity index is 843. The number of nitrogens with zero attached hydrogens (tertiary/aromatic N) is 2. The van der Waals surface area contributed by atoms with Crippen molar-refractivity contribution < 1.29 is 9.53 Å². The highest BCUT2D eigenvalue weighted by Gasteiger charge is 2.07. The number of nitrogens with one attached hydrogen (secondary N) is 1. The maximum absolute atomic E-state index is 12.0. The van der Waals surface area contributed by atoms with E-state index in [-0.39, 0.29) is 12.5 Å². The lowest BCUT2D eigenvalue weighted by Crippen LogP contribution is -2.20. The molecule has 0 fully saturated rings. The number of amides is 1. The summed E-state index contributed by atoms with van der Waals surface area (Å²) in [6.07, 6.45) is 2.87. The van der Waals surface area contributed by atoms with Crippen LogP contribution in [0.3, 0.4) is 0 Å². The van der Waals surface area contributed by atoms with E-state index in [1.54, 1.807) is 24.3 Å². The normalized spacial score (nSPS) is 10.8. The van der Waals surface area contributed by atoms with Gasteiger partial charge in [0.15, 0.2) is 6.61 Å². The Morgan fingerprint density at radius 2 is 2.04 bits per heavy atom. The SMILES string of the molecule is CCCn1cnc2cc(NC(=O)COc3ccc(Cl)cc3)ccc21. The number of halogens is 1. The lowest BCUT2D eigenvalue weighted by molar-refractivity contribution is -0.118. The van der Waals surface area contributed by atoms with E-state index >= 15 is 0 Å². The van der Waals surface area contributed by atoms with Crippen LogP contribution in [0.4, 0.5) is 5.69 Å². The van der Waals surface area contributed by atoms with Crippen LogP contribution in [-0.4, -0.2) is 22.1 Å². The highest BCUT2D eigenvalue weighted by atomic mass is 35.5. The minimum Gasteiger partial charge on any atom is -0.484 e. The summed E-state index contributed by atoms with van der Waals surface area (Å²) in [5.74, 6) is 0.376. The van der Waals surface area contributed by atoms with Crippen LogP contribution in [0.25, 0.3) is 11.0 Å². The number of aromatic nitrogens is 2. The first-order valence-corrected chi connectivity index (χ1v) is 8.16. The van der Waals surface area contributed by atoms with Crippen LogP contribution in [0.1, 0.15) is 13.3 Å². The number of benzene rings is 2. The van der Waals surface area contributed by atoms with Crippen LogP contribution in [0, 0.1) is 0 Å². The Morgan fingerprint density at radius 3 is 2.79 bits per heavy atom. The summed E-state index contributed by atoms with van der Waals surface area (Å²) in [7, 11) is 0. The van der Waals surface area contributed by atoms with E-state index in [1.165, 1.54) is 0 Å². The Kier molecular flexibility index (Phi) is 5.01. The van der Waals surface area contributed by atoms with Crippen molar-refractivity contribution in [1.29, 1.82) is 0 Å². The topological polar surface area (TPSA) is 56.2 Å². The molecule has 1 aromatic heterocycles. The predicted octanol–water partition coefficient (Wildman–Crippen LogP) is 4.12. The molecule has 3 aromatic rings.